The van der Waals surface area contributed by atoms with Crippen LogP contribution < -0.4 is 5.32 Å². The van der Waals surface area contributed by atoms with Gasteiger partial charge in [0.05, 0.1) is 5.02 Å². The van der Waals surface area contributed by atoms with Crippen LogP contribution in [0.4, 0.5) is 4.79 Å². The van der Waals surface area contributed by atoms with Gasteiger partial charge in [0.15, 0.2) is 5.69 Å². The van der Waals surface area contributed by atoms with Crippen LogP contribution in [0, 0.1) is 11.8 Å². The van der Waals surface area contributed by atoms with Crippen molar-refractivity contribution < 1.29 is 19.4 Å². The Hall–Kier alpha value is -3.04. The van der Waals surface area contributed by atoms with Crippen LogP contribution in [0.15, 0.2) is 42.6 Å². The number of amides is 1. The molecule has 0 aliphatic rings. The molecular formula is C18H15ClN2O4. The molecule has 0 radical (unpaired) electrons. The number of carbonyl (C=O) groups excluding carboxylic acids is 1. The number of aromatic nitrogens is 1. The highest BCUT2D eigenvalue weighted by Gasteiger charge is 2.09. The molecule has 7 heteroatoms. The normalized spacial score (nSPS) is 9.64. The first-order chi connectivity index (χ1) is 12.1. The summed E-state index contributed by atoms with van der Waals surface area (Å²) in [5.41, 5.74) is 1.20. The Morgan fingerprint density at radius 3 is 2.72 bits per heavy atom. The number of carbonyl (C=O) groups is 2. The van der Waals surface area contributed by atoms with Gasteiger partial charge in [-0.25, -0.2) is 14.6 Å². The van der Waals surface area contributed by atoms with Gasteiger partial charge in [-0.15, -0.1) is 0 Å². The molecule has 0 aliphatic heterocycles. The highest BCUT2D eigenvalue weighted by Crippen LogP contribution is 2.14. The number of hydrogen-bond donors (Lipinski definition) is 2. The van der Waals surface area contributed by atoms with Gasteiger partial charge in [-0.1, -0.05) is 53.8 Å². The molecule has 0 spiro atoms. The summed E-state index contributed by atoms with van der Waals surface area (Å²) in [6.07, 6.45) is 1.23. The predicted octanol–water partition coefficient (Wildman–Crippen LogP) is 3.10. The van der Waals surface area contributed by atoms with Crippen LogP contribution >= 0.6 is 11.6 Å². The number of benzene rings is 1. The van der Waals surface area contributed by atoms with Crippen LogP contribution in [-0.4, -0.2) is 28.7 Å². The van der Waals surface area contributed by atoms with E-state index in [1.54, 1.807) is 0 Å². The molecule has 1 aromatic carbocycles. The number of alkyl carbamates (subject to hydrolysis) is 1. The van der Waals surface area contributed by atoms with Crippen molar-refractivity contribution in [3.63, 3.8) is 0 Å². The highest BCUT2D eigenvalue weighted by molar-refractivity contribution is 6.33. The SMILES string of the molecule is O=C(NCCC#Cc1cnc(C(=O)O)c(Cl)c1)OCc1ccccc1. The average Bonchev–Trinajstić information content (AvgIpc) is 2.60. The summed E-state index contributed by atoms with van der Waals surface area (Å²) in [4.78, 5) is 26.1. The Kier molecular flexibility index (Phi) is 6.81. The third-order valence-corrected chi connectivity index (χ3v) is 3.30. The van der Waals surface area contributed by atoms with Crippen molar-refractivity contribution in [3.8, 4) is 11.8 Å². The molecule has 6 nitrogen and oxygen atoms in total. The zero-order valence-corrected chi connectivity index (χ0v) is 13.9. The minimum Gasteiger partial charge on any atom is -0.476 e. The standard InChI is InChI=1S/C18H15ClN2O4/c19-15-10-14(11-21-16(15)17(22)23)8-4-5-9-20-18(24)25-12-13-6-2-1-3-7-13/h1-3,6-7,10-11H,5,9,12H2,(H,20,24)(H,22,23). The molecule has 0 saturated carbocycles. The van der Waals surface area contributed by atoms with E-state index in [4.69, 9.17) is 21.4 Å². The Morgan fingerprint density at radius 2 is 2.04 bits per heavy atom. The summed E-state index contributed by atoms with van der Waals surface area (Å²) in [6, 6.07) is 10.8. The average molecular weight is 359 g/mol. The number of carboxylic acid groups (broad SMARTS) is 1. The van der Waals surface area contributed by atoms with Crippen molar-refractivity contribution in [2.75, 3.05) is 6.54 Å². The minimum absolute atomic E-state index is 0.0296. The number of ether oxygens (including phenoxy) is 1. The Bertz CT molecular complexity index is 813. The zero-order chi connectivity index (χ0) is 18.1. The van der Waals surface area contributed by atoms with Crippen molar-refractivity contribution in [2.24, 2.45) is 0 Å². The van der Waals surface area contributed by atoms with Crippen LogP contribution in [-0.2, 0) is 11.3 Å². The fraction of sp³-hybridized carbons (Fsp3) is 0.167. The summed E-state index contributed by atoms with van der Waals surface area (Å²) in [6.45, 7) is 0.535. The predicted molar refractivity (Wildman–Crippen MR) is 92.3 cm³/mol. The topological polar surface area (TPSA) is 88.5 Å². The van der Waals surface area contributed by atoms with E-state index in [9.17, 15) is 9.59 Å². The quantitative estimate of drug-likeness (QED) is 0.633. The third-order valence-electron chi connectivity index (χ3n) is 3.01. The lowest BCUT2D eigenvalue weighted by Gasteiger charge is -2.05. The molecule has 0 fully saturated rings. The number of rotatable bonds is 5. The summed E-state index contributed by atoms with van der Waals surface area (Å²) >= 11 is 5.81. The van der Waals surface area contributed by atoms with E-state index in [0.29, 0.717) is 18.5 Å². The first-order valence-electron chi connectivity index (χ1n) is 7.38. The maximum Gasteiger partial charge on any atom is 0.407 e. The maximum absolute atomic E-state index is 11.5. The largest absolute Gasteiger partial charge is 0.476 e. The minimum atomic E-state index is -1.19. The number of nitrogens with one attached hydrogen (secondary N) is 1. The molecule has 1 amide bonds. The Labute approximate surface area is 149 Å². The van der Waals surface area contributed by atoms with E-state index in [0.717, 1.165) is 5.56 Å². The summed E-state index contributed by atoms with van der Waals surface area (Å²) in [5.74, 6) is 4.45. The van der Waals surface area contributed by atoms with Crippen LogP contribution in [0.2, 0.25) is 5.02 Å². The number of hydrogen-bond acceptors (Lipinski definition) is 4. The smallest absolute Gasteiger partial charge is 0.407 e. The highest BCUT2D eigenvalue weighted by atomic mass is 35.5. The Balaban J connectivity index is 1.72. The third kappa shape index (κ3) is 6.16. The number of nitrogens with zero attached hydrogens (tertiary/aromatic N) is 1. The summed E-state index contributed by atoms with van der Waals surface area (Å²) in [7, 11) is 0. The molecule has 128 valence electrons. The van der Waals surface area contributed by atoms with E-state index < -0.39 is 12.1 Å². The van der Waals surface area contributed by atoms with E-state index in [1.165, 1.54) is 12.3 Å². The van der Waals surface area contributed by atoms with Crippen LogP contribution in [0.1, 0.15) is 28.0 Å². The van der Waals surface area contributed by atoms with E-state index in [-0.39, 0.29) is 17.3 Å². The monoisotopic (exact) mass is 358 g/mol. The van der Waals surface area contributed by atoms with Crippen LogP contribution in [0.3, 0.4) is 0 Å². The lowest BCUT2D eigenvalue weighted by Crippen LogP contribution is -2.24. The van der Waals surface area contributed by atoms with E-state index in [2.05, 4.69) is 22.1 Å². The van der Waals surface area contributed by atoms with E-state index >= 15 is 0 Å². The molecule has 0 atom stereocenters. The zero-order valence-electron chi connectivity index (χ0n) is 13.2. The molecule has 0 unspecified atom stereocenters. The van der Waals surface area contributed by atoms with Crippen molar-refractivity contribution in [3.05, 3.63) is 64.4 Å². The van der Waals surface area contributed by atoms with E-state index in [1.807, 2.05) is 30.3 Å². The fourth-order valence-electron chi connectivity index (χ4n) is 1.83. The van der Waals surface area contributed by atoms with Crippen molar-refractivity contribution in [2.45, 2.75) is 13.0 Å². The van der Waals surface area contributed by atoms with Crippen molar-refractivity contribution in [1.82, 2.24) is 10.3 Å². The van der Waals surface area contributed by atoms with Gasteiger partial charge in [-0.3, -0.25) is 0 Å². The van der Waals surface area contributed by atoms with Gasteiger partial charge in [0.25, 0.3) is 0 Å². The molecule has 0 aliphatic carbocycles. The van der Waals surface area contributed by atoms with Gasteiger partial charge in [0.2, 0.25) is 0 Å². The van der Waals surface area contributed by atoms with Crippen LogP contribution in [0.5, 0.6) is 0 Å². The summed E-state index contributed by atoms with van der Waals surface area (Å²) in [5, 5.41) is 11.5. The molecule has 1 heterocycles. The first-order valence-corrected chi connectivity index (χ1v) is 7.76. The molecule has 2 N–H and O–H groups in total. The Morgan fingerprint density at radius 1 is 1.28 bits per heavy atom. The molecule has 25 heavy (non-hydrogen) atoms. The van der Waals surface area contributed by atoms with Gasteiger partial charge >= 0.3 is 12.1 Å². The number of carboxylic acids is 1. The van der Waals surface area contributed by atoms with Gasteiger partial charge in [-0.05, 0) is 11.6 Å². The molecule has 2 aromatic rings. The number of aromatic carboxylic acids is 1. The lowest BCUT2D eigenvalue weighted by molar-refractivity contribution is 0.0690. The number of halogens is 1. The van der Waals surface area contributed by atoms with Gasteiger partial charge in [-0.2, -0.15) is 0 Å². The second-order valence-corrected chi connectivity index (χ2v) is 5.31. The van der Waals surface area contributed by atoms with Crippen molar-refractivity contribution >= 4 is 23.7 Å². The fourth-order valence-corrected chi connectivity index (χ4v) is 2.08. The molecule has 0 bridgehead atoms. The molecule has 2 rings (SSSR count). The maximum atomic E-state index is 11.5. The van der Waals surface area contributed by atoms with Gasteiger partial charge < -0.3 is 15.2 Å². The molecule has 1 aromatic heterocycles. The van der Waals surface area contributed by atoms with Gasteiger partial charge in [0.1, 0.15) is 6.61 Å². The van der Waals surface area contributed by atoms with Crippen molar-refractivity contribution in [1.29, 1.82) is 0 Å². The van der Waals surface area contributed by atoms with Gasteiger partial charge in [0, 0.05) is 24.7 Å². The van der Waals surface area contributed by atoms with Crippen LogP contribution in [0.25, 0.3) is 0 Å². The molecular weight excluding hydrogens is 344 g/mol. The molecule has 0 saturated heterocycles. The summed E-state index contributed by atoms with van der Waals surface area (Å²) < 4.78 is 5.06. The number of pyridine rings is 1. The second-order valence-electron chi connectivity index (χ2n) is 4.90. The lowest BCUT2D eigenvalue weighted by atomic mass is 10.2. The first kappa shape index (κ1) is 18.3. The second kappa shape index (κ2) is 9.30.